The molecule has 22 heavy (non-hydrogen) atoms. The number of thiophene rings is 1. The first-order valence-electron chi connectivity index (χ1n) is 7.82. The van der Waals surface area contributed by atoms with Crippen molar-refractivity contribution in [3.05, 3.63) is 46.3 Å². The van der Waals surface area contributed by atoms with E-state index in [-0.39, 0.29) is 0 Å². The first kappa shape index (κ1) is 15.5. The van der Waals surface area contributed by atoms with E-state index in [0.29, 0.717) is 6.10 Å². The molecule has 1 saturated heterocycles. The lowest BCUT2D eigenvalue weighted by Crippen LogP contribution is -2.31. The Morgan fingerprint density at radius 1 is 1.41 bits per heavy atom. The SMILES string of the molecule is CNc1ncccc1CN(Cc1ccsc1)CC1CCCO1. The number of rotatable bonds is 7. The van der Waals surface area contributed by atoms with E-state index in [1.165, 1.54) is 24.0 Å². The van der Waals surface area contributed by atoms with Crippen molar-refractivity contribution in [3.63, 3.8) is 0 Å². The molecule has 0 saturated carbocycles. The summed E-state index contributed by atoms with van der Waals surface area (Å²) in [4.78, 5) is 6.88. The van der Waals surface area contributed by atoms with E-state index in [1.807, 2.05) is 19.3 Å². The Kier molecular flexibility index (Phi) is 5.43. The summed E-state index contributed by atoms with van der Waals surface area (Å²) in [5, 5.41) is 7.55. The quantitative estimate of drug-likeness (QED) is 0.849. The van der Waals surface area contributed by atoms with Gasteiger partial charge in [-0.25, -0.2) is 4.98 Å². The van der Waals surface area contributed by atoms with Gasteiger partial charge in [-0.3, -0.25) is 4.90 Å². The molecule has 0 radical (unpaired) electrons. The molecular weight excluding hydrogens is 294 g/mol. The lowest BCUT2D eigenvalue weighted by molar-refractivity contribution is 0.0680. The molecule has 0 spiro atoms. The topological polar surface area (TPSA) is 37.4 Å². The van der Waals surface area contributed by atoms with Crippen molar-refractivity contribution < 1.29 is 4.74 Å². The second-order valence-corrected chi connectivity index (χ2v) is 6.48. The van der Waals surface area contributed by atoms with Gasteiger partial charge in [0.2, 0.25) is 0 Å². The molecule has 0 aliphatic carbocycles. The van der Waals surface area contributed by atoms with Crippen molar-refractivity contribution in [2.24, 2.45) is 0 Å². The third-order valence-electron chi connectivity index (χ3n) is 3.99. The minimum absolute atomic E-state index is 0.369. The Morgan fingerprint density at radius 3 is 3.09 bits per heavy atom. The highest BCUT2D eigenvalue weighted by Gasteiger charge is 2.20. The molecule has 1 N–H and O–H groups in total. The van der Waals surface area contributed by atoms with Gasteiger partial charge in [-0.1, -0.05) is 6.07 Å². The van der Waals surface area contributed by atoms with E-state index in [9.17, 15) is 0 Å². The smallest absolute Gasteiger partial charge is 0.130 e. The van der Waals surface area contributed by atoms with Gasteiger partial charge in [0.05, 0.1) is 6.10 Å². The molecule has 0 aromatic carbocycles. The third-order valence-corrected chi connectivity index (χ3v) is 4.73. The van der Waals surface area contributed by atoms with Crippen molar-refractivity contribution in [1.82, 2.24) is 9.88 Å². The number of anilines is 1. The zero-order valence-electron chi connectivity index (χ0n) is 13.0. The molecule has 0 bridgehead atoms. The normalized spacial score (nSPS) is 18.0. The number of aromatic nitrogens is 1. The van der Waals surface area contributed by atoms with Crippen LogP contribution in [-0.2, 0) is 17.8 Å². The van der Waals surface area contributed by atoms with Crippen molar-refractivity contribution >= 4 is 17.2 Å². The number of hydrogen-bond acceptors (Lipinski definition) is 5. The monoisotopic (exact) mass is 317 g/mol. The van der Waals surface area contributed by atoms with Gasteiger partial charge in [0, 0.05) is 45.0 Å². The van der Waals surface area contributed by atoms with Gasteiger partial charge in [0.25, 0.3) is 0 Å². The standard InChI is InChI=1S/C17H23N3OS/c1-18-17-15(4-2-7-19-17)11-20(10-14-6-9-22-13-14)12-16-5-3-8-21-16/h2,4,6-7,9,13,16H,3,5,8,10-12H2,1H3,(H,18,19). The molecule has 3 heterocycles. The second kappa shape index (κ2) is 7.72. The maximum Gasteiger partial charge on any atom is 0.130 e. The lowest BCUT2D eigenvalue weighted by Gasteiger charge is -2.25. The average Bonchev–Trinajstić information content (AvgIpc) is 3.21. The number of ether oxygens (including phenoxy) is 1. The van der Waals surface area contributed by atoms with E-state index in [1.54, 1.807) is 11.3 Å². The van der Waals surface area contributed by atoms with Crippen LogP contribution < -0.4 is 5.32 Å². The second-order valence-electron chi connectivity index (χ2n) is 5.70. The van der Waals surface area contributed by atoms with Crippen LogP contribution in [0.1, 0.15) is 24.0 Å². The molecule has 1 atom stereocenters. The predicted molar refractivity (Wildman–Crippen MR) is 91.2 cm³/mol. The van der Waals surface area contributed by atoms with Gasteiger partial charge >= 0.3 is 0 Å². The number of nitrogens with zero attached hydrogens (tertiary/aromatic N) is 2. The summed E-state index contributed by atoms with van der Waals surface area (Å²) >= 11 is 1.76. The highest BCUT2D eigenvalue weighted by Crippen LogP contribution is 2.20. The first-order chi connectivity index (χ1) is 10.8. The summed E-state index contributed by atoms with van der Waals surface area (Å²) in [5.41, 5.74) is 2.61. The maximum absolute atomic E-state index is 5.83. The van der Waals surface area contributed by atoms with Crippen LogP contribution in [0.3, 0.4) is 0 Å². The van der Waals surface area contributed by atoms with Crippen LogP contribution in [0.25, 0.3) is 0 Å². The third kappa shape index (κ3) is 4.06. The van der Waals surface area contributed by atoms with Crippen molar-refractivity contribution in [2.75, 3.05) is 25.5 Å². The van der Waals surface area contributed by atoms with Crippen LogP contribution in [0, 0.1) is 0 Å². The lowest BCUT2D eigenvalue weighted by atomic mass is 10.1. The molecule has 1 unspecified atom stereocenters. The number of pyridine rings is 1. The zero-order valence-corrected chi connectivity index (χ0v) is 13.8. The summed E-state index contributed by atoms with van der Waals surface area (Å²) in [5.74, 6) is 0.963. The Morgan fingerprint density at radius 2 is 2.36 bits per heavy atom. The van der Waals surface area contributed by atoms with Crippen molar-refractivity contribution in [1.29, 1.82) is 0 Å². The molecule has 5 heteroatoms. The van der Waals surface area contributed by atoms with Gasteiger partial charge in [-0.2, -0.15) is 11.3 Å². The van der Waals surface area contributed by atoms with E-state index in [0.717, 1.165) is 32.1 Å². The Balaban J connectivity index is 1.71. The molecule has 118 valence electrons. The Bertz CT molecular complexity index is 567. The van der Waals surface area contributed by atoms with Gasteiger partial charge in [-0.05, 0) is 41.3 Å². The summed E-state index contributed by atoms with van der Waals surface area (Å²) < 4.78 is 5.83. The first-order valence-corrected chi connectivity index (χ1v) is 8.76. The zero-order chi connectivity index (χ0) is 15.2. The number of nitrogens with one attached hydrogen (secondary N) is 1. The fraction of sp³-hybridized carbons (Fsp3) is 0.471. The molecule has 4 nitrogen and oxygen atoms in total. The van der Waals surface area contributed by atoms with Crippen LogP contribution in [0.5, 0.6) is 0 Å². The molecule has 0 amide bonds. The van der Waals surface area contributed by atoms with Crippen LogP contribution in [-0.4, -0.2) is 36.2 Å². The minimum atomic E-state index is 0.369. The summed E-state index contributed by atoms with van der Waals surface area (Å²) in [6.07, 6.45) is 4.56. The largest absolute Gasteiger partial charge is 0.377 e. The fourth-order valence-corrected chi connectivity index (χ4v) is 3.59. The van der Waals surface area contributed by atoms with Crippen LogP contribution in [0.2, 0.25) is 0 Å². The summed E-state index contributed by atoms with van der Waals surface area (Å²) in [6.45, 7) is 3.74. The molecular formula is C17H23N3OS. The Labute approximate surface area is 136 Å². The fourth-order valence-electron chi connectivity index (χ4n) is 2.93. The number of hydrogen-bond donors (Lipinski definition) is 1. The van der Waals surface area contributed by atoms with Crippen LogP contribution in [0.15, 0.2) is 35.2 Å². The maximum atomic E-state index is 5.83. The van der Waals surface area contributed by atoms with E-state index in [4.69, 9.17) is 4.74 Å². The average molecular weight is 317 g/mol. The van der Waals surface area contributed by atoms with Crippen LogP contribution in [0.4, 0.5) is 5.82 Å². The van der Waals surface area contributed by atoms with Gasteiger partial charge in [-0.15, -0.1) is 0 Å². The molecule has 3 rings (SSSR count). The minimum Gasteiger partial charge on any atom is -0.377 e. The van der Waals surface area contributed by atoms with Gasteiger partial charge < -0.3 is 10.1 Å². The predicted octanol–water partition coefficient (Wildman–Crippen LogP) is 3.37. The van der Waals surface area contributed by atoms with Gasteiger partial charge in [0.1, 0.15) is 5.82 Å². The van der Waals surface area contributed by atoms with Gasteiger partial charge in [0.15, 0.2) is 0 Å². The molecule has 1 fully saturated rings. The summed E-state index contributed by atoms with van der Waals surface area (Å²) in [7, 11) is 1.93. The molecule has 1 aliphatic heterocycles. The van der Waals surface area contributed by atoms with Crippen molar-refractivity contribution in [3.8, 4) is 0 Å². The highest BCUT2D eigenvalue weighted by atomic mass is 32.1. The summed E-state index contributed by atoms with van der Waals surface area (Å²) in [6, 6.07) is 6.36. The highest BCUT2D eigenvalue weighted by molar-refractivity contribution is 7.07. The molecule has 1 aliphatic rings. The molecule has 2 aromatic heterocycles. The van der Waals surface area contributed by atoms with Crippen LogP contribution >= 0.6 is 11.3 Å². The Hall–Kier alpha value is -1.43. The van der Waals surface area contributed by atoms with Crippen molar-refractivity contribution in [2.45, 2.75) is 32.0 Å². The van der Waals surface area contributed by atoms with E-state index in [2.05, 4.69) is 38.1 Å². The van der Waals surface area contributed by atoms with E-state index < -0.39 is 0 Å². The molecule has 2 aromatic rings. The van der Waals surface area contributed by atoms with E-state index >= 15 is 0 Å².